The Morgan fingerprint density at radius 1 is 0.878 bits per heavy atom. The van der Waals surface area contributed by atoms with Gasteiger partial charge in [-0.3, -0.25) is 4.79 Å². The third-order valence-electron chi connectivity index (χ3n) is 9.87. The van der Waals surface area contributed by atoms with Gasteiger partial charge in [-0.05, 0) is 86.6 Å². The zero-order valence-corrected chi connectivity index (χ0v) is 28.5. The highest BCUT2D eigenvalue weighted by molar-refractivity contribution is 5.88. The molecule has 1 atom stereocenters. The number of nitrogens with two attached hydrogens (primary N) is 1. The Morgan fingerprint density at radius 2 is 1.49 bits per heavy atom. The largest absolute Gasteiger partial charge is 0.506 e. The van der Waals surface area contributed by atoms with Gasteiger partial charge in [0.05, 0.1) is 18.2 Å². The van der Waals surface area contributed by atoms with Gasteiger partial charge in [-0.2, -0.15) is 0 Å². The van der Waals surface area contributed by atoms with Gasteiger partial charge in [0.2, 0.25) is 5.56 Å². The molecule has 1 aliphatic rings. The molecule has 1 aromatic heterocycles. The summed E-state index contributed by atoms with van der Waals surface area (Å²) in [7, 11) is 0. The summed E-state index contributed by atoms with van der Waals surface area (Å²) >= 11 is 0. The number of esters is 1. The van der Waals surface area contributed by atoms with Crippen molar-refractivity contribution in [3.05, 3.63) is 112 Å². The molecule has 3 aromatic carbocycles. The van der Waals surface area contributed by atoms with Crippen LogP contribution in [0.1, 0.15) is 80.6 Å². The molecule has 9 heteroatoms. The number of hydrogen-bond donors (Lipinski definition) is 5. The lowest BCUT2D eigenvalue weighted by atomic mass is 9.84. The minimum absolute atomic E-state index is 0.00315. The van der Waals surface area contributed by atoms with Gasteiger partial charge in [0, 0.05) is 18.0 Å². The number of unbranched alkanes of at least 4 members (excludes halogenated alkanes) is 6. The predicted molar refractivity (Wildman–Crippen MR) is 194 cm³/mol. The maximum Gasteiger partial charge on any atom is 0.335 e. The molecular weight excluding hydrogens is 616 g/mol. The van der Waals surface area contributed by atoms with Crippen molar-refractivity contribution in [1.29, 1.82) is 0 Å². The molecule has 4 aromatic rings. The molecule has 0 saturated carbocycles. The van der Waals surface area contributed by atoms with E-state index in [1.54, 1.807) is 12.1 Å². The molecule has 1 aliphatic heterocycles. The fourth-order valence-electron chi connectivity index (χ4n) is 6.86. The second-order valence-electron chi connectivity index (χ2n) is 13.4. The fraction of sp³-hybridized carbons (Fsp3) is 0.450. The molecular formula is C40H52N4O5. The molecule has 5 rings (SSSR count). The van der Waals surface area contributed by atoms with Crippen molar-refractivity contribution in [2.24, 2.45) is 11.7 Å². The Hall–Kier alpha value is -4.02. The van der Waals surface area contributed by atoms with E-state index in [4.69, 9.17) is 10.5 Å². The van der Waals surface area contributed by atoms with Crippen molar-refractivity contribution < 1.29 is 19.7 Å². The van der Waals surface area contributed by atoms with E-state index in [0.717, 1.165) is 63.0 Å². The van der Waals surface area contributed by atoms with Crippen molar-refractivity contribution >= 4 is 16.9 Å². The lowest BCUT2D eigenvalue weighted by Gasteiger charge is -2.33. The van der Waals surface area contributed by atoms with Crippen LogP contribution in [0, 0.1) is 5.92 Å². The first-order valence-electron chi connectivity index (χ1n) is 17.9. The number of carbonyl (C=O) groups is 1. The minimum atomic E-state index is -1.33. The maximum atomic E-state index is 13.4. The third-order valence-corrected chi connectivity index (χ3v) is 9.87. The second kappa shape index (κ2) is 18.1. The molecule has 1 fully saturated rings. The fourth-order valence-corrected chi connectivity index (χ4v) is 6.86. The Bertz CT molecular complexity index is 1610. The lowest BCUT2D eigenvalue weighted by molar-refractivity contribution is -0.150. The van der Waals surface area contributed by atoms with E-state index in [0.29, 0.717) is 35.5 Å². The number of nitrogens with one attached hydrogen (secondary N) is 2. The summed E-state index contributed by atoms with van der Waals surface area (Å²) in [5.74, 6) is -0.0490. The molecule has 1 saturated heterocycles. The number of aliphatic hydroxyl groups excluding tert-OH is 1. The molecule has 6 N–H and O–H groups in total. The number of aliphatic hydroxyl groups is 1. The second-order valence-corrected chi connectivity index (χ2v) is 13.4. The van der Waals surface area contributed by atoms with Crippen LogP contribution in [0.25, 0.3) is 10.9 Å². The highest BCUT2D eigenvalue weighted by Crippen LogP contribution is 2.30. The summed E-state index contributed by atoms with van der Waals surface area (Å²) in [6, 6.07) is 25.2. The molecule has 0 aliphatic carbocycles. The van der Waals surface area contributed by atoms with Gasteiger partial charge < -0.3 is 35.9 Å². The van der Waals surface area contributed by atoms with E-state index in [2.05, 4.69) is 15.2 Å². The minimum Gasteiger partial charge on any atom is -0.506 e. The molecule has 262 valence electrons. The number of nitrogens with zero attached hydrogens (tertiary/aromatic N) is 1. The maximum absolute atomic E-state index is 13.4. The summed E-state index contributed by atoms with van der Waals surface area (Å²) in [6.45, 7) is 4.86. The number of piperidine rings is 1. The molecule has 2 heterocycles. The molecule has 0 amide bonds. The van der Waals surface area contributed by atoms with Gasteiger partial charge in [-0.1, -0.05) is 98.8 Å². The van der Waals surface area contributed by atoms with Crippen LogP contribution < -0.4 is 16.6 Å². The molecule has 0 bridgehead atoms. The van der Waals surface area contributed by atoms with E-state index < -0.39 is 17.6 Å². The van der Waals surface area contributed by atoms with E-state index in [1.807, 2.05) is 60.7 Å². The zero-order valence-electron chi connectivity index (χ0n) is 28.5. The highest BCUT2D eigenvalue weighted by Gasteiger charge is 2.40. The number of carbonyl (C=O) groups excluding carboxylic acids is 1. The first-order valence-corrected chi connectivity index (χ1v) is 17.9. The van der Waals surface area contributed by atoms with Crippen LogP contribution in [0.5, 0.6) is 5.75 Å². The number of aromatic nitrogens is 1. The van der Waals surface area contributed by atoms with Crippen molar-refractivity contribution in [2.45, 2.75) is 69.4 Å². The molecule has 49 heavy (non-hydrogen) atoms. The summed E-state index contributed by atoms with van der Waals surface area (Å²) in [5, 5.41) is 24.7. The summed E-state index contributed by atoms with van der Waals surface area (Å²) in [4.78, 5) is 30.2. The summed E-state index contributed by atoms with van der Waals surface area (Å²) < 4.78 is 5.89. The number of phenols is 1. The number of H-pyrrole nitrogens is 1. The van der Waals surface area contributed by atoms with Crippen molar-refractivity contribution in [2.75, 3.05) is 39.3 Å². The number of aromatic amines is 1. The zero-order chi connectivity index (χ0) is 34.5. The number of rotatable bonds is 18. The van der Waals surface area contributed by atoms with Crippen LogP contribution in [-0.4, -0.2) is 65.4 Å². The topological polar surface area (TPSA) is 141 Å². The Kier molecular flexibility index (Phi) is 13.4. The van der Waals surface area contributed by atoms with Crippen LogP contribution in [0.4, 0.5) is 0 Å². The Balaban J connectivity index is 0.897. The summed E-state index contributed by atoms with van der Waals surface area (Å²) in [5.41, 5.74) is 7.66. The number of aromatic hydroxyl groups is 1. The smallest absolute Gasteiger partial charge is 0.335 e. The van der Waals surface area contributed by atoms with Gasteiger partial charge >= 0.3 is 5.97 Å². The molecule has 1 unspecified atom stereocenters. The normalized spacial score (nSPS) is 15.0. The predicted octanol–water partition coefficient (Wildman–Crippen LogP) is 5.75. The quantitative estimate of drug-likeness (QED) is 0.0668. The third kappa shape index (κ3) is 9.79. The van der Waals surface area contributed by atoms with Crippen molar-refractivity contribution in [3.8, 4) is 5.75 Å². The van der Waals surface area contributed by atoms with Gasteiger partial charge in [0.25, 0.3) is 0 Å². The standard InChI is InChI=1S/C40H52N4O5/c41-40(31-14-8-6-9-15-31,32-16-10-7-11-17-32)39(48)49-29-30-22-26-44(27-23-30)25-13-5-3-1-2-4-12-24-42-28-36(46)33-18-20-35(45)38-34(33)19-21-37(47)43-38/h6-11,14-21,30,36,42,45-46H,1-5,12-13,22-29,41H2,(H,43,47). The van der Waals surface area contributed by atoms with Crippen LogP contribution in [0.15, 0.2) is 89.7 Å². The number of pyridine rings is 1. The van der Waals surface area contributed by atoms with E-state index in [-0.39, 0.29) is 11.3 Å². The first kappa shape index (κ1) is 36.3. The van der Waals surface area contributed by atoms with E-state index in [9.17, 15) is 19.8 Å². The first-order chi connectivity index (χ1) is 23.9. The van der Waals surface area contributed by atoms with Crippen LogP contribution >= 0.6 is 0 Å². The van der Waals surface area contributed by atoms with Gasteiger partial charge in [0.1, 0.15) is 5.75 Å². The number of benzene rings is 3. The molecule has 0 spiro atoms. The molecule has 0 radical (unpaired) electrons. The SMILES string of the molecule is NC(C(=O)OCC1CCN(CCCCCCCCCNCC(O)c2ccc(O)c3[nH]c(=O)ccc23)CC1)(c1ccccc1)c1ccccc1. The number of ether oxygens (including phenoxy) is 1. The number of likely N-dealkylation sites (tertiary alicyclic amines) is 1. The monoisotopic (exact) mass is 668 g/mol. The van der Waals surface area contributed by atoms with Crippen molar-refractivity contribution in [1.82, 2.24) is 15.2 Å². The summed E-state index contributed by atoms with van der Waals surface area (Å²) in [6.07, 6.45) is 9.70. The van der Waals surface area contributed by atoms with Crippen LogP contribution in [-0.2, 0) is 15.1 Å². The highest BCUT2D eigenvalue weighted by atomic mass is 16.5. The average molecular weight is 669 g/mol. The van der Waals surface area contributed by atoms with Crippen LogP contribution in [0.3, 0.4) is 0 Å². The average Bonchev–Trinajstić information content (AvgIpc) is 3.14. The Labute approximate surface area is 289 Å². The van der Waals surface area contributed by atoms with E-state index in [1.165, 1.54) is 44.2 Å². The van der Waals surface area contributed by atoms with Crippen molar-refractivity contribution in [3.63, 3.8) is 0 Å². The van der Waals surface area contributed by atoms with E-state index >= 15 is 0 Å². The van der Waals surface area contributed by atoms with Gasteiger partial charge in [-0.15, -0.1) is 0 Å². The number of hydrogen-bond acceptors (Lipinski definition) is 8. The van der Waals surface area contributed by atoms with Gasteiger partial charge in [0.15, 0.2) is 5.54 Å². The number of fused-ring (bicyclic) bond motifs is 1. The molecule has 9 nitrogen and oxygen atoms in total. The lowest BCUT2D eigenvalue weighted by Crippen LogP contribution is -2.47. The van der Waals surface area contributed by atoms with Gasteiger partial charge in [-0.25, -0.2) is 4.79 Å². The number of phenolic OH excluding ortho intramolecular Hbond substituents is 1. The Morgan fingerprint density at radius 3 is 2.14 bits per heavy atom. The van der Waals surface area contributed by atoms with Crippen LogP contribution in [0.2, 0.25) is 0 Å².